The van der Waals surface area contributed by atoms with Crippen molar-refractivity contribution >= 4 is 5.91 Å². The molecule has 6 heteroatoms. The number of rotatable bonds is 3. The van der Waals surface area contributed by atoms with Gasteiger partial charge in [-0.2, -0.15) is 8.78 Å². The van der Waals surface area contributed by atoms with Gasteiger partial charge in [-0.05, 0) is 30.7 Å². The quantitative estimate of drug-likeness (QED) is 0.892. The number of β-amino-alcohol motifs (C(OH)–C–C–N with tert-alkyl or cyclic N) is 1. The minimum Gasteiger partial charge on any atom is -0.435 e. The lowest BCUT2D eigenvalue weighted by molar-refractivity contribution is -0.0498. The number of likely N-dealkylation sites (tertiary alicyclic amines) is 1. The molecule has 1 N–H and O–H groups in total. The predicted molar refractivity (Wildman–Crippen MR) is 59.6 cm³/mol. The number of carbonyl (C=O) groups is 1. The average molecular weight is 257 g/mol. The summed E-state index contributed by atoms with van der Waals surface area (Å²) in [5, 5.41) is 9.34. The molecule has 18 heavy (non-hydrogen) atoms. The van der Waals surface area contributed by atoms with Crippen LogP contribution in [0.1, 0.15) is 16.8 Å². The fraction of sp³-hybridized carbons (Fsp3) is 0.417. The molecule has 0 unspecified atom stereocenters. The number of amides is 1. The zero-order valence-electron chi connectivity index (χ0n) is 9.55. The number of aliphatic hydroxyl groups excluding tert-OH is 1. The van der Waals surface area contributed by atoms with Crippen LogP contribution in [-0.4, -0.2) is 41.7 Å². The van der Waals surface area contributed by atoms with Gasteiger partial charge in [0.1, 0.15) is 5.75 Å². The summed E-state index contributed by atoms with van der Waals surface area (Å²) in [4.78, 5) is 13.5. The Labute approximate surface area is 103 Å². The zero-order chi connectivity index (χ0) is 13.1. The van der Waals surface area contributed by atoms with E-state index < -0.39 is 12.7 Å². The fourth-order valence-corrected chi connectivity index (χ4v) is 1.89. The number of aliphatic hydroxyl groups is 1. The second kappa shape index (κ2) is 5.30. The molecule has 1 aliphatic heterocycles. The lowest BCUT2D eigenvalue weighted by Gasteiger charge is -2.15. The molecule has 2 rings (SSSR count). The van der Waals surface area contributed by atoms with Crippen LogP contribution >= 0.6 is 0 Å². The zero-order valence-corrected chi connectivity index (χ0v) is 9.55. The maximum atomic E-state index is 12.0. The van der Waals surface area contributed by atoms with E-state index >= 15 is 0 Å². The molecule has 1 amide bonds. The maximum Gasteiger partial charge on any atom is 0.387 e. The highest BCUT2D eigenvalue weighted by Gasteiger charge is 2.25. The summed E-state index contributed by atoms with van der Waals surface area (Å²) in [7, 11) is 0. The third-order valence-electron chi connectivity index (χ3n) is 2.78. The van der Waals surface area contributed by atoms with E-state index in [1.807, 2.05) is 0 Å². The number of hydrogen-bond donors (Lipinski definition) is 1. The fourth-order valence-electron chi connectivity index (χ4n) is 1.89. The Kier molecular flexibility index (Phi) is 3.76. The van der Waals surface area contributed by atoms with Crippen LogP contribution < -0.4 is 4.74 Å². The Morgan fingerprint density at radius 2 is 2.06 bits per heavy atom. The van der Waals surface area contributed by atoms with Crippen molar-refractivity contribution in [2.24, 2.45) is 0 Å². The van der Waals surface area contributed by atoms with Crippen LogP contribution in [0.4, 0.5) is 8.78 Å². The standard InChI is InChI=1S/C12H13F2NO3/c13-12(14)18-10-3-1-8(2-4-10)11(17)15-6-5-9(16)7-15/h1-4,9,12,16H,5-7H2/t9-/m1/s1. The highest BCUT2D eigenvalue weighted by atomic mass is 19.3. The van der Waals surface area contributed by atoms with Gasteiger partial charge in [0.15, 0.2) is 0 Å². The van der Waals surface area contributed by atoms with Crippen LogP contribution in [0.5, 0.6) is 5.75 Å². The Morgan fingerprint density at radius 1 is 1.39 bits per heavy atom. The molecule has 0 radical (unpaired) electrons. The molecule has 4 nitrogen and oxygen atoms in total. The van der Waals surface area contributed by atoms with Crippen molar-refractivity contribution in [3.63, 3.8) is 0 Å². The smallest absolute Gasteiger partial charge is 0.387 e. The first-order valence-corrected chi connectivity index (χ1v) is 5.58. The number of alkyl halides is 2. The lowest BCUT2D eigenvalue weighted by Crippen LogP contribution is -2.29. The van der Waals surface area contributed by atoms with Gasteiger partial charge < -0.3 is 14.7 Å². The van der Waals surface area contributed by atoms with Gasteiger partial charge in [-0.3, -0.25) is 4.79 Å². The first-order chi connectivity index (χ1) is 8.56. The molecule has 0 aliphatic carbocycles. The normalized spacial score (nSPS) is 19.3. The molecule has 0 spiro atoms. The van der Waals surface area contributed by atoms with E-state index in [0.29, 0.717) is 25.1 Å². The third-order valence-corrected chi connectivity index (χ3v) is 2.78. The first-order valence-electron chi connectivity index (χ1n) is 5.58. The van der Waals surface area contributed by atoms with Gasteiger partial charge in [-0.1, -0.05) is 0 Å². The van der Waals surface area contributed by atoms with E-state index in [0.717, 1.165) is 0 Å². The summed E-state index contributed by atoms with van der Waals surface area (Å²) in [6.45, 7) is -2.05. The van der Waals surface area contributed by atoms with Crippen molar-refractivity contribution in [3.8, 4) is 5.75 Å². The van der Waals surface area contributed by atoms with Crippen LogP contribution in [-0.2, 0) is 0 Å². The van der Waals surface area contributed by atoms with Crippen molar-refractivity contribution in [1.82, 2.24) is 4.90 Å². The van der Waals surface area contributed by atoms with E-state index in [2.05, 4.69) is 4.74 Å². The van der Waals surface area contributed by atoms with Gasteiger partial charge in [0.05, 0.1) is 6.10 Å². The summed E-state index contributed by atoms with van der Waals surface area (Å²) < 4.78 is 28.1. The minimum absolute atomic E-state index is 0.0167. The molecule has 1 atom stereocenters. The molecular weight excluding hydrogens is 244 g/mol. The highest BCUT2D eigenvalue weighted by Crippen LogP contribution is 2.18. The highest BCUT2D eigenvalue weighted by molar-refractivity contribution is 5.94. The maximum absolute atomic E-state index is 12.0. The molecular formula is C12H13F2NO3. The number of halogens is 2. The van der Waals surface area contributed by atoms with Gasteiger partial charge in [0, 0.05) is 18.7 Å². The third kappa shape index (κ3) is 2.95. The molecule has 1 aromatic rings. The van der Waals surface area contributed by atoms with E-state index in [9.17, 15) is 18.7 Å². The number of ether oxygens (including phenoxy) is 1. The summed E-state index contributed by atoms with van der Waals surface area (Å²) >= 11 is 0. The lowest BCUT2D eigenvalue weighted by atomic mass is 10.2. The summed E-state index contributed by atoms with van der Waals surface area (Å²) in [5.74, 6) is -0.196. The van der Waals surface area contributed by atoms with Gasteiger partial charge in [-0.15, -0.1) is 0 Å². The van der Waals surface area contributed by atoms with Crippen molar-refractivity contribution in [2.75, 3.05) is 13.1 Å². The monoisotopic (exact) mass is 257 g/mol. The Balaban J connectivity index is 2.03. The summed E-state index contributed by atoms with van der Waals surface area (Å²) in [5.41, 5.74) is 0.394. The van der Waals surface area contributed by atoms with Crippen LogP contribution in [0.25, 0.3) is 0 Å². The van der Waals surface area contributed by atoms with Gasteiger partial charge in [0.2, 0.25) is 0 Å². The van der Waals surface area contributed by atoms with Crippen molar-refractivity contribution in [3.05, 3.63) is 29.8 Å². The second-order valence-corrected chi connectivity index (χ2v) is 4.10. The van der Waals surface area contributed by atoms with Crippen LogP contribution in [0.15, 0.2) is 24.3 Å². The number of benzene rings is 1. The number of nitrogens with zero attached hydrogens (tertiary/aromatic N) is 1. The average Bonchev–Trinajstić information content (AvgIpc) is 2.75. The number of hydrogen-bond acceptors (Lipinski definition) is 3. The largest absolute Gasteiger partial charge is 0.435 e. The topological polar surface area (TPSA) is 49.8 Å². The molecule has 1 aliphatic rings. The molecule has 98 valence electrons. The summed E-state index contributed by atoms with van der Waals surface area (Å²) in [6, 6.07) is 5.52. The van der Waals surface area contributed by atoms with E-state index in [1.54, 1.807) is 0 Å². The Hall–Kier alpha value is -1.69. The molecule has 1 heterocycles. The molecule has 1 fully saturated rings. The van der Waals surface area contributed by atoms with Gasteiger partial charge >= 0.3 is 6.61 Å². The second-order valence-electron chi connectivity index (χ2n) is 4.10. The summed E-state index contributed by atoms with van der Waals surface area (Å²) in [6.07, 6.45) is 0.0913. The van der Waals surface area contributed by atoms with E-state index in [-0.39, 0.29) is 11.7 Å². The van der Waals surface area contributed by atoms with Crippen LogP contribution in [0.3, 0.4) is 0 Å². The molecule has 0 bridgehead atoms. The van der Waals surface area contributed by atoms with Gasteiger partial charge in [-0.25, -0.2) is 0 Å². The Bertz CT molecular complexity index is 422. The molecule has 0 saturated carbocycles. The predicted octanol–water partition coefficient (Wildman–Crippen LogP) is 1.49. The van der Waals surface area contributed by atoms with E-state index in [4.69, 9.17) is 0 Å². The molecule has 1 aromatic carbocycles. The molecule has 1 saturated heterocycles. The van der Waals surface area contributed by atoms with Crippen molar-refractivity contribution < 1.29 is 23.4 Å². The Morgan fingerprint density at radius 3 is 2.56 bits per heavy atom. The molecule has 0 aromatic heterocycles. The van der Waals surface area contributed by atoms with Crippen LogP contribution in [0.2, 0.25) is 0 Å². The van der Waals surface area contributed by atoms with Crippen molar-refractivity contribution in [2.45, 2.75) is 19.1 Å². The first kappa shape index (κ1) is 12.8. The SMILES string of the molecule is O=C(c1ccc(OC(F)F)cc1)N1CC[C@@H](O)C1. The van der Waals surface area contributed by atoms with Gasteiger partial charge in [0.25, 0.3) is 5.91 Å². The van der Waals surface area contributed by atoms with Crippen LogP contribution in [0, 0.1) is 0 Å². The van der Waals surface area contributed by atoms with Crippen molar-refractivity contribution in [1.29, 1.82) is 0 Å². The number of carbonyl (C=O) groups excluding carboxylic acids is 1. The van der Waals surface area contributed by atoms with E-state index in [1.165, 1.54) is 29.2 Å². The minimum atomic E-state index is -2.87.